The van der Waals surface area contributed by atoms with Gasteiger partial charge in [0.1, 0.15) is 13.2 Å². The first-order valence-corrected chi connectivity index (χ1v) is 23.7. The summed E-state index contributed by atoms with van der Waals surface area (Å²) in [5, 5.41) is 0. The van der Waals surface area contributed by atoms with Crippen molar-refractivity contribution in [3.05, 3.63) is 122 Å². The average molecular weight is 829 g/mol. The predicted octanol–water partition coefficient (Wildman–Crippen LogP) is 15.4. The molecule has 0 bridgehead atoms. The highest BCUT2D eigenvalue weighted by Gasteiger charge is 2.19. The minimum Gasteiger partial charge on any atom is -0.462 e. The Hall–Kier alpha value is -4.19. The van der Waals surface area contributed by atoms with Gasteiger partial charge < -0.3 is 14.2 Å². The molecule has 60 heavy (non-hydrogen) atoms. The Morgan fingerprint density at radius 2 is 0.667 bits per heavy atom. The number of hydrogen-bond donors (Lipinski definition) is 0. The molecule has 0 aliphatic rings. The average Bonchev–Trinajstić information content (AvgIpc) is 3.24. The van der Waals surface area contributed by atoms with Crippen LogP contribution in [0.15, 0.2) is 122 Å². The van der Waals surface area contributed by atoms with Crippen molar-refractivity contribution in [1.29, 1.82) is 0 Å². The Labute approximate surface area is 367 Å². The SMILES string of the molecule is CC\C=C/C=C\C=C/C=C\C=C/CCCCCC(=O)OCC(COC(=O)CCCCC\C=C/C=C\C=C/C=C\CC)OC(=O)CCCCC/C=C\CCCCCCCCC. The lowest BCUT2D eigenvalue weighted by Gasteiger charge is -2.18. The van der Waals surface area contributed by atoms with E-state index in [4.69, 9.17) is 14.2 Å². The number of ether oxygens (including phenoxy) is 3. The molecule has 0 heterocycles. The van der Waals surface area contributed by atoms with Crippen molar-refractivity contribution in [2.75, 3.05) is 13.2 Å². The number of carbonyl (C=O) groups excluding carboxylic acids is 3. The summed E-state index contributed by atoms with van der Waals surface area (Å²) < 4.78 is 16.7. The van der Waals surface area contributed by atoms with Crippen molar-refractivity contribution in [2.45, 2.75) is 187 Å². The van der Waals surface area contributed by atoms with Gasteiger partial charge in [-0.2, -0.15) is 0 Å². The van der Waals surface area contributed by atoms with E-state index in [0.717, 1.165) is 96.3 Å². The molecule has 0 aromatic heterocycles. The van der Waals surface area contributed by atoms with Crippen LogP contribution in [-0.2, 0) is 28.6 Å². The van der Waals surface area contributed by atoms with Crippen LogP contribution < -0.4 is 0 Å². The molecule has 0 saturated carbocycles. The highest BCUT2D eigenvalue weighted by Crippen LogP contribution is 2.12. The summed E-state index contributed by atoms with van der Waals surface area (Å²) in [4.78, 5) is 37.8. The zero-order chi connectivity index (χ0) is 43.7. The molecule has 6 nitrogen and oxygen atoms in total. The fraction of sp³-hybridized carbons (Fsp3) is 0.574. The molecule has 0 rings (SSSR count). The number of hydrogen-bond acceptors (Lipinski definition) is 6. The van der Waals surface area contributed by atoms with Gasteiger partial charge in [0.25, 0.3) is 0 Å². The van der Waals surface area contributed by atoms with Gasteiger partial charge in [-0.3, -0.25) is 14.4 Å². The molecule has 0 fully saturated rings. The van der Waals surface area contributed by atoms with Gasteiger partial charge in [-0.05, 0) is 83.5 Å². The van der Waals surface area contributed by atoms with Crippen LogP contribution in [0.2, 0.25) is 0 Å². The summed E-state index contributed by atoms with van der Waals surface area (Å²) >= 11 is 0. The van der Waals surface area contributed by atoms with E-state index in [1.165, 1.54) is 44.9 Å². The fourth-order valence-corrected chi connectivity index (χ4v) is 5.88. The van der Waals surface area contributed by atoms with Crippen LogP contribution in [0.4, 0.5) is 0 Å². The van der Waals surface area contributed by atoms with E-state index in [1.807, 2.05) is 85.1 Å². The van der Waals surface area contributed by atoms with Crippen molar-refractivity contribution < 1.29 is 28.6 Å². The summed E-state index contributed by atoms with van der Waals surface area (Å²) in [6.07, 6.45) is 64.6. The van der Waals surface area contributed by atoms with Gasteiger partial charge in [0.2, 0.25) is 0 Å². The Morgan fingerprint density at radius 3 is 1.07 bits per heavy atom. The highest BCUT2D eigenvalue weighted by atomic mass is 16.6. The molecule has 1 atom stereocenters. The molecule has 0 aliphatic carbocycles. The first-order valence-electron chi connectivity index (χ1n) is 23.7. The van der Waals surface area contributed by atoms with Gasteiger partial charge in [-0.1, -0.05) is 200 Å². The Balaban J connectivity index is 4.58. The molecule has 0 aromatic carbocycles. The predicted molar refractivity (Wildman–Crippen MR) is 256 cm³/mol. The van der Waals surface area contributed by atoms with E-state index in [9.17, 15) is 14.4 Å². The maximum Gasteiger partial charge on any atom is 0.306 e. The zero-order valence-electron chi connectivity index (χ0n) is 38.2. The standard InChI is InChI=1S/C54H84O6/c1-4-7-10-13-16-19-22-25-27-30-32-35-38-41-44-47-53(56)59-50-51(49-58-52(55)46-43-40-37-34-31-28-24-21-18-15-12-9-6-3)60-54(57)48-45-42-39-36-33-29-26-23-20-17-14-11-8-5-2/h7,9-10,12-13,15-16,18-19,21-22,24-25,27-33,51H,4-6,8,11,14,17,20,23,26,34-50H2,1-3H3/b10-7-,12-9-,16-13-,18-15-,22-19-,24-21-,27-25-,31-28-,32-30-,33-29-. The van der Waals surface area contributed by atoms with Gasteiger partial charge in [-0.15, -0.1) is 0 Å². The Kier molecular flexibility index (Phi) is 44.2. The summed E-state index contributed by atoms with van der Waals surface area (Å²) in [5.41, 5.74) is 0. The zero-order valence-corrected chi connectivity index (χ0v) is 38.2. The Morgan fingerprint density at radius 1 is 0.350 bits per heavy atom. The lowest BCUT2D eigenvalue weighted by Crippen LogP contribution is -2.30. The first-order chi connectivity index (χ1) is 29.5. The highest BCUT2D eigenvalue weighted by molar-refractivity contribution is 5.71. The van der Waals surface area contributed by atoms with Gasteiger partial charge in [0, 0.05) is 19.3 Å². The second kappa shape index (κ2) is 47.5. The van der Waals surface area contributed by atoms with Gasteiger partial charge >= 0.3 is 17.9 Å². The lowest BCUT2D eigenvalue weighted by atomic mass is 10.1. The third kappa shape index (κ3) is 44.9. The third-order valence-electron chi connectivity index (χ3n) is 9.40. The van der Waals surface area contributed by atoms with Gasteiger partial charge in [-0.25, -0.2) is 0 Å². The maximum absolute atomic E-state index is 12.7. The quantitative estimate of drug-likeness (QED) is 0.0201. The van der Waals surface area contributed by atoms with Crippen LogP contribution >= 0.6 is 0 Å². The minimum atomic E-state index is -0.822. The van der Waals surface area contributed by atoms with Crippen LogP contribution in [0.1, 0.15) is 181 Å². The van der Waals surface area contributed by atoms with E-state index in [-0.39, 0.29) is 37.5 Å². The number of esters is 3. The normalized spacial score (nSPS) is 13.2. The van der Waals surface area contributed by atoms with Crippen LogP contribution in [0.25, 0.3) is 0 Å². The van der Waals surface area contributed by atoms with Crippen LogP contribution in [0.3, 0.4) is 0 Å². The first kappa shape index (κ1) is 55.8. The number of carbonyl (C=O) groups is 3. The van der Waals surface area contributed by atoms with E-state index in [1.54, 1.807) is 0 Å². The topological polar surface area (TPSA) is 78.9 Å². The molecule has 0 radical (unpaired) electrons. The molecule has 336 valence electrons. The van der Waals surface area contributed by atoms with Gasteiger partial charge in [0.05, 0.1) is 0 Å². The molecule has 0 aromatic rings. The summed E-state index contributed by atoms with van der Waals surface area (Å²) in [6.45, 7) is 6.23. The largest absolute Gasteiger partial charge is 0.462 e. The summed E-state index contributed by atoms with van der Waals surface area (Å²) in [7, 11) is 0. The number of unbranched alkanes of at least 4 members (excludes halogenated alkanes) is 16. The van der Waals surface area contributed by atoms with E-state index >= 15 is 0 Å². The lowest BCUT2D eigenvalue weighted by molar-refractivity contribution is -0.167. The molecule has 0 amide bonds. The smallest absolute Gasteiger partial charge is 0.306 e. The van der Waals surface area contributed by atoms with Crippen molar-refractivity contribution >= 4 is 17.9 Å². The molecule has 0 saturated heterocycles. The van der Waals surface area contributed by atoms with Crippen molar-refractivity contribution in [3.63, 3.8) is 0 Å². The van der Waals surface area contributed by atoms with E-state index in [0.29, 0.717) is 12.8 Å². The van der Waals surface area contributed by atoms with Crippen molar-refractivity contribution in [3.8, 4) is 0 Å². The van der Waals surface area contributed by atoms with Crippen LogP contribution in [-0.4, -0.2) is 37.2 Å². The van der Waals surface area contributed by atoms with Crippen LogP contribution in [0, 0.1) is 0 Å². The van der Waals surface area contributed by atoms with Crippen molar-refractivity contribution in [2.24, 2.45) is 0 Å². The molecular weight excluding hydrogens is 745 g/mol. The number of rotatable bonds is 40. The second-order valence-electron chi connectivity index (χ2n) is 15.1. The van der Waals surface area contributed by atoms with Crippen molar-refractivity contribution in [1.82, 2.24) is 0 Å². The Bertz CT molecular complexity index is 1320. The van der Waals surface area contributed by atoms with Gasteiger partial charge in [0.15, 0.2) is 6.10 Å². The monoisotopic (exact) mass is 829 g/mol. The van der Waals surface area contributed by atoms with E-state index in [2.05, 4.69) is 57.2 Å². The minimum absolute atomic E-state index is 0.122. The fourth-order valence-electron chi connectivity index (χ4n) is 5.88. The summed E-state index contributed by atoms with van der Waals surface area (Å²) in [5.74, 6) is -1.03. The third-order valence-corrected chi connectivity index (χ3v) is 9.40. The number of allylic oxidation sites excluding steroid dienone is 20. The van der Waals surface area contributed by atoms with E-state index < -0.39 is 6.10 Å². The van der Waals surface area contributed by atoms with Crippen LogP contribution in [0.5, 0.6) is 0 Å². The maximum atomic E-state index is 12.7. The summed E-state index contributed by atoms with van der Waals surface area (Å²) in [6, 6.07) is 0. The molecule has 6 heteroatoms. The molecule has 0 N–H and O–H groups in total. The second-order valence-corrected chi connectivity index (χ2v) is 15.1. The molecular formula is C54H84O6. The molecule has 0 spiro atoms. The molecule has 0 aliphatic heterocycles. The molecule has 1 unspecified atom stereocenters.